The van der Waals surface area contributed by atoms with Crippen molar-refractivity contribution >= 4 is 29.7 Å². The summed E-state index contributed by atoms with van der Waals surface area (Å²) in [5.41, 5.74) is 2.18. The number of rotatable bonds is 14. The molecule has 0 spiro atoms. The number of nitrogens with zero attached hydrogens (tertiary/aromatic N) is 4. The van der Waals surface area contributed by atoms with Crippen molar-refractivity contribution in [1.82, 2.24) is 24.2 Å². The maximum atomic E-state index is 13.3. The van der Waals surface area contributed by atoms with Gasteiger partial charge in [0.1, 0.15) is 12.6 Å². The van der Waals surface area contributed by atoms with Gasteiger partial charge < -0.3 is 19.8 Å². The number of sulfonamides is 1. The van der Waals surface area contributed by atoms with E-state index in [9.17, 15) is 8.42 Å². The number of ether oxygens (including phenoxy) is 2. The first kappa shape index (κ1) is 28.9. The standard InChI is InChI=1S/C25H38N6O4SSi/c1-19(2)24-27-17-23(29-24)22-11-12-26-25(30-22)28-20-7-9-21(10-8-20)36(32,33)31(13-14-34-3)18-35-15-16-37(4,5)6/h7-12,17,19H,13-16,18H2,1-6H3,(H,27,29)(H,26,28,30). The number of benzene rings is 1. The van der Waals surface area contributed by atoms with E-state index in [0.29, 0.717) is 23.9 Å². The molecule has 12 heteroatoms. The van der Waals surface area contributed by atoms with Crippen molar-refractivity contribution in [3.05, 3.63) is 48.5 Å². The molecule has 0 radical (unpaired) electrons. The van der Waals surface area contributed by atoms with Gasteiger partial charge in [0.05, 0.1) is 29.1 Å². The van der Waals surface area contributed by atoms with Gasteiger partial charge in [0.15, 0.2) is 0 Å². The Morgan fingerprint density at radius 3 is 2.43 bits per heavy atom. The average molecular weight is 547 g/mol. The molecule has 0 aliphatic carbocycles. The van der Waals surface area contributed by atoms with Gasteiger partial charge in [-0.15, -0.1) is 0 Å². The smallest absolute Gasteiger partial charge is 0.245 e. The fraction of sp³-hybridized carbons (Fsp3) is 0.480. The summed E-state index contributed by atoms with van der Waals surface area (Å²) in [7, 11) is -3.48. The van der Waals surface area contributed by atoms with Crippen molar-refractivity contribution in [3.8, 4) is 11.4 Å². The van der Waals surface area contributed by atoms with Gasteiger partial charge >= 0.3 is 0 Å². The van der Waals surface area contributed by atoms with Crippen molar-refractivity contribution in [2.24, 2.45) is 0 Å². The SMILES string of the molecule is COCCN(COCC[Si](C)(C)C)S(=O)(=O)c1ccc(Nc2nccc(-c3cnc(C(C)C)[nH]3)n2)cc1. The van der Waals surface area contributed by atoms with E-state index >= 15 is 0 Å². The molecule has 3 aromatic rings. The molecule has 10 nitrogen and oxygen atoms in total. The van der Waals surface area contributed by atoms with Gasteiger partial charge in [-0.25, -0.2) is 23.4 Å². The summed E-state index contributed by atoms with van der Waals surface area (Å²) in [5, 5.41) is 3.14. The second kappa shape index (κ2) is 12.7. The number of methoxy groups -OCH3 is 1. The maximum Gasteiger partial charge on any atom is 0.245 e. The predicted molar refractivity (Wildman–Crippen MR) is 148 cm³/mol. The second-order valence-corrected chi connectivity index (χ2v) is 17.8. The molecule has 202 valence electrons. The van der Waals surface area contributed by atoms with E-state index in [1.165, 1.54) is 4.31 Å². The van der Waals surface area contributed by atoms with Gasteiger partial charge in [0.25, 0.3) is 0 Å². The maximum absolute atomic E-state index is 13.3. The number of aromatic nitrogens is 4. The third-order valence-corrected chi connectivity index (χ3v) is 9.14. The summed E-state index contributed by atoms with van der Waals surface area (Å²) >= 11 is 0. The molecular formula is C25H38N6O4SSi. The molecule has 2 N–H and O–H groups in total. The Bertz CT molecular complexity index is 1240. The molecule has 0 fully saturated rings. The van der Waals surface area contributed by atoms with E-state index in [0.717, 1.165) is 17.6 Å². The number of nitrogens with one attached hydrogen (secondary N) is 2. The molecule has 2 heterocycles. The highest BCUT2D eigenvalue weighted by Crippen LogP contribution is 2.22. The molecule has 0 atom stereocenters. The Kier molecular flexibility index (Phi) is 9.96. The number of anilines is 2. The van der Waals surface area contributed by atoms with Gasteiger partial charge in [0.2, 0.25) is 16.0 Å². The van der Waals surface area contributed by atoms with Crippen LogP contribution in [0.25, 0.3) is 11.4 Å². The largest absolute Gasteiger partial charge is 0.383 e. The van der Waals surface area contributed by atoms with E-state index in [4.69, 9.17) is 9.47 Å². The van der Waals surface area contributed by atoms with Gasteiger partial charge in [-0.1, -0.05) is 33.5 Å². The van der Waals surface area contributed by atoms with Crippen LogP contribution in [-0.4, -0.2) is 74.3 Å². The van der Waals surface area contributed by atoms with Crippen molar-refractivity contribution in [2.45, 2.75) is 50.3 Å². The van der Waals surface area contributed by atoms with E-state index in [1.807, 2.05) is 0 Å². The lowest BCUT2D eigenvalue weighted by atomic mass is 10.2. The summed E-state index contributed by atoms with van der Waals surface area (Å²) in [5.74, 6) is 1.57. The molecule has 1 aromatic carbocycles. The van der Waals surface area contributed by atoms with Crippen LogP contribution in [-0.2, 0) is 19.5 Å². The Morgan fingerprint density at radius 2 is 1.81 bits per heavy atom. The highest BCUT2D eigenvalue weighted by atomic mass is 32.2. The lowest BCUT2D eigenvalue weighted by molar-refractivity contribution is 0.0660. The van der Waals surface area contributed by atoms with Crippen molar-refractivity contribution in [1.29, 1.82) is 0 Å². The monoisotopic (exact) mass is 546 g/mol. The normalized spacial score (nSPS) is 12.4. The molecule has 0 unspecified atom stereocenters. The molecule has 0 saturated heterocycles. The summed E-state index contributed by atoms with van der Waals surface area (Å²) in [6.07, 6.45) is 3.42. The molecule has 3 rings (SSSR count). The minimum absolute atomic E-state index is 0.0110. The first-order valence-electron chi connectivity index (χ1n) is 12.3. The minimum atomic E-state index is -3.76. The molecule has 2 aromatic heterocycles. The van der Waals surface area contributed by atoms with Crippen LogP contribution in [0.5, 0.6) is 0 Å². The van der Waals surface area contributed by atoms with Crippen LogP contribution in [0.1, 0.15) is 25.6 Å². The zero-order chi connectivity index (χ0) is 27.1. The summed E-state index contributed by atoms with van der Waals surface area (Å²) in [4.78, 5) is 16.7. The van der Waals surface area contributed by atoms with Gasteiger partial charge in [-0.05, 0) is 36.4 Å². The van der Waals surface area contributed by atoms with E-state index in [-0.39, 0.29) is 30.7 Å². The van der Waals surface area contributed by atoms with Crippen LogP contribution in [0, 0.1) is 0 Å². The number of aromatic amines is 1. The number of imidazole rings is 1. The van der Waals surface area contributed by atoms with Crippen molar-refractivity contribution in [3.63, 3.8) is 0 Å². The molecule has 0 saturated carbocycles. The zero-order valence-electron chi connectivity index (χ0n) is 22.5. The Morgan fingerprint density at radius 1 is 1.08 bits per heavy atom. The molecule has 0 amide bonds. The van der Waals surface area contributed by atoms with Crippen LogP contribution >= 0.6 is 0 Å². The second-order valence-electron chi connectivity index (χ2n) is 10.3. The van der Waals surface area contributed by atoms with Crippen LogP contribution in [0.4, 0.5) is 11.6 Å². The highest BCUT2D eigenvalue weighted by molar-refractivity contribution is 7.89. The predicted octanol–water partition coefficient (Wildman–Crippen LogP) is 4.68. The summed E-state index contributed by atoms with van der Waals surface area (Å²) in [6, 6.07) is 9.28. The quantitative estimate of drug-likeness (QED) is 0.170. The van der Waals surface area contributed by atoms with Crippen LogP contribution < -0.4 is 5.32 Å². The third kappa shape index (κ3) is 8.43. The summed E-state index contributed by atoms with van der Waals surface area (Å²) < 4.78 is 38.8. The van der Waals surface area contributed by atoms with Crippen LogP contribution in [0.3, 0.4) is 0 Å². The topological polar surface area (TPSA) is 122 Å². The Labute approximate surface area is 220 Å². The molecule has 0 bridgehead atoms. The molecule has 0 aliphatic rings. The first-order valence-corrected chi connectivity index (χ1v) is 17.5. The zero-order valence-corrected chi connectivity index (χ0v) is 24.3. The molecule has 0 aliphatic heterocycles. The first-order chi connectivity index (χ1) is 17.5. The Balaban J connectivity index is 1.70. The van der Waals surface area contributed by atoms with Crippen LogP contribution in [0.15, 0.2) is 47.6 Å². The third-order valence-electron chi connectivity index (χ3n) is 5.60. The molecule has 37 heavy (non-hydrogen) atoms. The van der Waals surface area contributed by atoms with E-state index in [2.05, 4.69) is 58.7 Å². The Hall–Kier alpha value is -2.64. The number of hydrogen-bond acceptors (Lipinski definition) is 8. The lowest BCUT2D eigenvalue weighted by Crippen LogP contribution is -2.36. The van der Waals surface area contributed by atoms with E-state index < -0.39 is 18.1 Å². The highest BCUT2D eigenvalue weighted by Gasteiger charge is 2.25. The number of H-pyrrole nitrogens is 1. The van der Waals surface area contributed by atoms with E-state index in [1.54, 1.807) is 49.8 Å². The average Bonchev–Trinajstić information content (AvgIpc) is 3.34. The van der Waals surface area contributed by atoms with Crippen molar-refractivity contribution < 1.29 is 17.9 Å². The number of hydrogen-bond donors (Lipinski definition) is 2. The fourth-order valence-corrected chi connectivity index (χ4v) is 5.37. The van der Waals surface area contributed by atoms with Gasteiger partial charge in [-0.3, -0.25) is 0 Å². The van der Waals surface area contributed by atoms with Crippen LogP contribution in [0.2, 0.25) is 25.7 Å². The van der Waals surface area contributed by atoms with Gasteiger partial charge in [-0.2, -0.15) is 4.31 Å². The minimum Gasteiger partial charge on any atom is -0.383 e. The van der Waals surface area contributed by atoms with Crippen molar-refractivity contribution in [2.75, 3.05) is 38.9 Å². The lowest BCUT2D eigenvalue weighted by Gasteiger charge is -2.23. The molecular weight excluding hydrogens is 508 g/mol. The fourth-order valence-electron chi connectivity index (χ4n) is 3.31. The summed E-state index contributed by atoms with van der Waals surface area (Å²) in [6.45, 7) is 11.9. The van der Waals surface area contributed by atoms with Gasteiger partial charge in [0, 0.05) is 46.1 Å².